The number of hydrogen-bond acceptors (Lipinski definition) is 3. The fourth-order valence-electron chi connectivity index (χ4n) is 1.97. The van der Waals surface area contributed by atoms with Gasteiger partial charge in [-0.05, 0) is 42.4 Å². The average molecular weight is 269 g/mol. The summed E-state index contributed by atoms with van der Waals surface area (Å²) in [6.07, 6.45) is 1.35. The first-order chi connectivity index (χ1) is 8.62. The topological polar surface area (TPSA) is 60.7 Å². The second-order valence-corrected chi connectivity index (χ2v) is 4.86. The van der Waals surface area contributed by atoms with Crippen LogP contribution in [0.25, 0.3) is 0 Å². The molecule has 101 valence electrons. The molecule has 2 atom stereocenters. The molecule has 0 heterocycles. The Morgan fingerprint density at radius 1 is 1.28 bits per heavy atom. The monoisotopic (exact) mass is 269 g/mol. The van der Waals surface area contributed by atoms with Crippen LogP contribution >= 0.6 is 12.6 Å². The van der Waals surface area contributed by atoms with Gasteiger partial charge in [0.1, 0.15) is 5.75 Å². The van der Waals surface area contributed by atoms with Gasteiger partial charge in [-0.3, -0.25) is 0 Å². The van der Waals surface area contributed by atoms with Gasteiger partial charge in [-0.2, -0.15) is 0 Å². The van der Waals surface area contributed by atoms with E-state index < -0.39 is 6.10 Å². The Morgan fingerprint density at radius 2 is 2.00 bits per heavy atom. The van der Waals surface area contributed by atoms with Crippen molar-refractivity contribution in [3.05, 3.63) is 29.3 Å². The first-order valence-electron chi connectivity index (χ1n) is 6.31. The Labute approximate surface area is 114 Å². The Balaban J connectivity index is 2.75. The summed E-state index contributed by atoms with van der Waals surface area (Å²) in [6.45, 7) is 1.81. The molecular weight excluding hydrogens is 248 g/mol. The number of hydrogen-bond donors (Lipinski definition) is 3. The van der Waals surface area contributed by atoms with Crippen LogP contribution in [0, 0.1) is 0 Å². The first-order valence-corrected chi connectivity index (χ1v) is 6.88. The number of rotatable bonds is 7. The highest BCUT2D eigenvalue weighted by atomic mass is 32.1. The van der Waals surface area contributed by atoms with Gasteiger partial charge in [-0.15, -0.1) is 0 Å². The molecule has 0 amide bonds. The zero-order valence-corrected chi connectivity index (χ0v) is 11.5. The van der Waals surface area contributed by atoms with Gasteiger partial charge in [0.15, 0.2) is 0 Å². The van der Waals surface area contributed by atoms with Gasteiger partial charge in [-0.1, -0.05) is 31.7 Å². The summed E-state index contributed by atoms with van der Waals surface area (Å²) in [5.41, 5.74) is 1.93. The van der Waals surface area contributed by atoms with Crippen molar-refractivity contribution in [3.8, 4) is 5.75 Å². The number of aryl methyl sites for hydroxylation is 1. The second-order valence-electron chi connectivity index (χ2n) is 4.52. The van der Waals surface area contributed by atoms with Crippen molar-refractivity contribution in [1.82, 2.24) is 0 Å². The van der Waals surface area contributed by atoms with Gasteiger partial charge in [-0.25, -0.2) is 0 Å². The lowest BCUT2D eigenvalue weighted by Crippen LogP contribution is -2.14. The summed E-state index contributed by atoms with van der Waals surface area (Å²) < 4.78 is 0. The lowest BCUT2D eigenvalue weighted by atomic mass is 9.92. The molecule has 1 radical (unpaired) electrons. The molecular formula is C14H21O3S. The second kappa shape index (κ2) is 7.67. The highest BCUT2D eigenvalue weighted by Crippen LogP contribution is 2.31. The van der Waals surface area contributed by atoms with Crippen molar-refractivity contribution in [3.63, 3.8) is 0 Å². The molecule has 1 aromatic carbocycles. The molecule has 4 heteroatoms. The minimum Gasteiger partial charge on any atom is -0.508 e. The number of aliphatic hydroxyl groups excluding tert-OH is 2. The van der Waals surface area contributed by atoms with E-state index in [2.05, 4.69) is 0 Å². The van der Waals surface area contributed by atoms with Gasteiger partial charge < -0.3 is 15.3 Å². The van der Waals surface area contributed by atoms with Crippen molar-refractivity contribution in [1.29, 1.82) is 0 Å². The van der Waals surface area contributed by atoms with Crippen LogP contribution in [0.1, 0.15) is 36.8 Å². The fraction of sp³-hybridized carbons (Fsp3) is 0.571. The Morgan fingerprint density at radius 3 is 2.50 bits per heavy atom. The summed E-state index contributed by atoms with van der Waals surface area (Å²) >= 11 is 5.11. The minimum absolute atomic E-state index is 0.0482. The standard InChI is InChI=1S/C14H21O3S/c1-2-10-3-6-13(14(17)7-10)11(9-18)4-5-12(16)8-15/h3,6-7,11-12,15-17H,2,4-5,8-9H2,1H3. The highest BCUT2D eigenvalue weighted by Gasteiger charge is 2.16. The molecule has 0 aliphatic carbocycles. The molecule has 18 heavy (non-hydrogen) atoms. The molecule has 0 aromatic heterocycles. The minimum atomic E-state index is -0.703. The Bertz CT molecular complexity index is 368. The number of aliphatic hydroxyl groups is 2. The quantitative estimate of drug-likeness (QED) is 0.712. The van der Waals surface area contributed by atoms with Gasteiger partial charge >= 0.3 is 0 Å². The lowest BCUT2D eigenvalue weighted by molar-refractivity contribution is 0.0853. The molecule has 1 aromatic rings. The van der Waals surface area contributed by atoms with Crippen molar-refractivity contribution in [2.24, 2.45) is 0 Å². The van der Waals surface area contributed by atoms with Gasteiger partial charge in [0, 0.05) is 5.75 Å². The number of phenolic OH excluding ortho intramolecular Hbond substituents is 1. The maximum Gasteiger partial charge on any atom is 0.119 e. The van der Waals surface area contributed by atoms with Crippen LogP contribution in [0.5, 0.6) is 5.75 Å². The van der Waals surface area contributed by atoms with Crippen molar-refractivity contribution >= 4 is 12.6 Å². The van der Waals surface area contributed by atoms with E-state index in [1.165, 1.54) is 0 Å². The molecule has 0 fully saturated rings. The maximum absolute atomic E-state index is 9.99. The molecule has 3 N–H and O–H groups in total. The SMILES string of the molecule is CCc1ccc(C(C[S])CCC(O)CO)c(O)c1. The van der Waals surface area contributed by atoms with Crippen LogP contribution in [0.4, 0.5) is 0 Å². The summed E-state index contributed by atoms with van der Waals surface area (Å²) in [6, 6.07) is 5.68. The zero-order valence-electron chi connectivity index (χ0n) is 10.7. The molecule has 3 nitrogen and oxygen atoms in total. The van der Waals surface area contributed by atoms with Crippen LogP contribution in [0.2, 0.25) is 0 Å². The molecule has 0 bridgehead atoms. The largest absolute Gasteiger partial charge is 0.508 e. The third-order valence-electron chi connectivity index (χ3n) is 3.20. The molecule has 2 unspecified atom stereocenters. The van der Waals surface area contributed by atoms with Crippen LogP contribution in [-0.4, -0.2) is 33.8 Å². The average Bonchev–Trinajstić information content (AvgIpc) is 2.40. The van der Waals surface area contributed by atoms with Crippen LogP contribution in [-0.2, 0) is 6.42 Å². The fourth-order valence-corrected chi connectivity index (χ4v) is 2.31. The maximum atomic E-state index is 9.99. The van der Waals surface area contributed by atoms with E-state index >= 15 is 0 Å². The molecule has 0 saturated heterocycles. The smallest absolute Gasteiger partial charge is 0.119 e. The van der Waals surface area contributed by atoms with Gasteiger partial charge in [0.2, 0.25) is 0 Å². The van der Waals surface area contributed by atoms with E-state index in [-0.39, 0.29) is 18.3 Å². The van der Waals surface area contributed by atoms with E-state index in [1.807, 2.05) is 19.1 Å². The van der Waals surface area contributed by atoms with E-state index in [4.69, 9.17) is 17.7 Å². The molecule has 0 spiro atoms. The van der Waals surface area contributed by atoms with Crippen LogP contribution < -0.4 is 0 Å². The van der Waals surface area contributed by atoms with Crippen molar-refractivity contribution in [2.75, 3.05) is 12.4 Å². The number of aromatic hydroxyl groups is 1. The van der Waals surface area contributed by atoms with E-state index in [0.717, 1.165) is 17.5 Å². The Kier molecular flexibility index (Phi) is 6.54. The third-order valence-corrected chi connectivity index (χ3v) is 3.61. The number of benzene rings is 1. The molecule has 1 rings (SSSR count). The van der Waals surface area contributed by atoms with Crippen molar-refractivity contribution in [2.45, 2.75) is 38.2 Å². The first kappa shape index (κ1) is 15.3. The molecule has 0 aliphatic heterocycles. The summed E-state index contributed by atoms with van der Waals surface area (Å²) in [5.74, 6) is 0.826. The van der Waals surface area contributed by atoms with Crippen molar-refractivity contribution < 1.29 is 15.3 Å². The summed E-state index contributed by atoms with van der Waals surface area (Å²) in [5, 5.41) is 28.1. The normalized spacial score (nSPS) is 14.4. The van der Waals surface area contributed by atoms with Gasteiger partial charge in [0.25, 0.3) is 0 Å². The highest BCUT2D eigenvalue weighted by molar-refractivity contribution is 7.80. The van der Waals surface area contributed by atoms with Gasteiger partial charge in [0.05, 0.1) is 12.7 Å². The Hall–Kier alpha value is -0.710. The predicted octanol–water partition coefficient (Wildman–Crippen LogP) is 2.37. The summed E-state index contributed by atoms with van der Waals surface area (Å²) in [7, 11) is 0. The molecule has 0 aliphatic rings. The predicted molar refractivity (Wildman–Crippen MR) is 75.0 cm³/mol. The molecule has 0 saturated carbocycles. The van der Waals surface area contributed by atoms with E-state index in [9.17, 15) is 10.2 Å². The van der Waals surface area contributed by atoms with Crippen LogP contribution in [0.15, 0.2) is 18.2 Å². The van der Waals surface area contributed by atoms with Crippen LogP contribution in [0.3, 0.4) is 0 Å². The summed E-state index contributed by atoms with van der Waals surface area (Å²) in [4.78, 5) is 0. The van der Waals surface area contributed by atoms with E-state index in [1.54, 1.807) is 6.07 Å². The lowest BCUT2D eigenvalue weighted by Gasteiger charge is -2.18. The van der Waals surface area contributed by atoms with E-state index in [0.29, 0.717) is 18.6 Å². The number of phenols is 1. The zero-order chi connectivity index (χ0) is 13.5. The third kappa shape index (κ3) is 4.19.